The summed E-state index contributed by atoms with van der Waals surface area (Å²) in [6.07, 6.45) is 0.273. The summed E-state index contributed by atoms with van der Waals surface area (Å²) in [5.74, 6) is 0.451. The van der Waals surface area contributed by atoms with Crippen molar-refractivity contribution in [3.63, 3.8) is 0 Å². The average Bonchev–Trinajstić information content (AvgIpc) is 2.28. The van der Waals surface area contributed by atoms with Crippen LogP contribution in [0.25, 0.3) is 0 Å². The van der Waals surface area contributed by atoms with Gasteiger partial charge in [-0.25, -0.2) is 8.78 Å². The Morgan fingerprint density at radius 2 is 1.11 bits per heavy atom. The molecular weight excluding hydrogens is 281 g/mol. The molecule has 0 unspecified atom stereocenters. The molecule has 2 saturated heterocycles. The second-order valence-electron chi connectivity index (χ2n) is 4.97. The van der Waals surface area contributed by atoms with E-state index in [1.165, 1.54) is 0 Å². The van der Waals surface area contributed by atoms with Gasteiger partial charge in [0.05, 0.1) is 0 Å². The van der Waals surface area contributed by atoms with Gasteiger partial charge < -0.3 is 10.6 Å². The van der Waals surface area contributed by atoms with Crippen LogP contribution in [-0.2, 0) is 0 Å². The molecule has 0 aromatic heterocycles. The van der Waals surface area contributed by atoms with Crippen LogP contribution in [0.3, 0.4) is 0 Å². The Bertz CT molecular complexity index is 159. The van der Waals surface area contributed by atoms with Gasteiger partial charge in [0.25, 0.3) is 0 Å². The highest BCUT2D eigenvalue weighted by Crippen LogP contribution is 2.13. The molecule has 0 saturated carbocycles. The number of halogens is 4. The SMILES string of the molecule is C[C@@H]1CNCC[C@H]1F.C[C@H]1CNCC[C@@H]1F.Cl.Cl. The number of nitrogens with one attached hydrogen (secondary N) is 2. The molecule has 2 fully saturated rings. The third-order valence-corrected chi connectivity index (χ3v) is 3.36. The lowest BCUT2D eigenvalue weighted by atomic mass is 10.0. The highest BCUT2D eigenvalue weighted by atomic mass is 35.5. The van der Waals surface area contributed by atoms with E-state index in [1.54, 1.807) is 0 Å². The Morgan fingerprint density at radius 3 is 1.28 bits per heavy atom. The van der Waals surface area contributed by atoms with Crippen molar-refractivity contribution >= 4 is 24.8 Å². The highest BCUT2D eigenvalue weighted by molar-refractivity contribution is 5.85. The van der Waals surface area contributed by atoms with Crippen LogP contribution in [-0.4, -0.2) is 38.5 Å². The second-order valence-corrected chi connectivity index (χ2v) is 4.97. The van der Waals surface area contributed by atoms with Crippen molar-refractivity contribution in [1.82, 2.24) is 10.6 Å². The minimum atomic E-state index is -0.559. The topological polar surface area (TPSA) is 24.1 Å². The predicted molar refractivity (Wildman–Crippen MR) is 77.6 cm³/mol. The second kappa shape index (κ2) is 11.2. The van der Waals surface area contributed by atoms with Crippen molar-refractivity contribution in [2.45, 2.75) is 39.0 Å². The van der Waals surface area contributed by atoms with Crippen molar-refractivity contribution < 1.29 is 8.78 Å². The third kappa shape index (κ3) is 7.72. The highest BCUT2D eigenvalue weighted by Gasteiger charge is 2.19. The molecule has 0 spiro atoms. The molecule has 0 radical (unpaired) electrons. The monoisotopic (exact) mass is 306 g/mol. The first-order valence-electron chi connectivity index (χ1n) is 6.31. The summed E-state index contributed by atoms with van der Waals surface area (Å²) in [5.41, 5.74) is 0. The Hall–Kier alpha value is 0.360. The summed E-state index contributed by atoms with van der Waals surface area (Å²) in [4.78, 5) is 0. The molecule has 0 bridgehead atoms. The van der Waals surface area contributed by atoms with Crippen LogP contribution in [0.5, 0.6) is 0 Å². The van der Waals surface area contributed by atoms with Gasteiger partial charge in [0.1, 0.15) is 12.3 Å². The minimum absolute atomic E-state index is 0. The van der Waals surface area contributed by atoms with E-state index in [-0.39, 0.29) is 36.6 Å². The zero-order valence-electron chi connectivity index (χ0n) is 11.1. The molecule has 2 heterocycles. The van der Waals surface area contributed by atoms with Crippen LogP contribution >= 0.6 is 24.8 Å². The fraction of sp³-hybridized carbons (Fsp3) is 1.00. The lowest BCUT2D eigenvalue weighted by molar-refractivity contribution is 0.192. The zero-order chi connectivity index (χ0) is 12.0. The molecule has 0 aromatic rings. The number of hydrogen-bond donors (Lipinski definition) is 2. The van der Waals surface area contributed by atoms with E-state index in [4.69, 9.17) is 0 Å². The van der Waals surface area contributed by atoms with Crippen LogP contribution in [0.1, 0.15) is 26.7 Å². The quantitative estimate of drug-likeness (QED) is 0.719. The van der Waals surface area contributed by atoms with Crippen LogP contribution in [0.2, 0.25) is 0 Å². The average molecular weight is 307 g/mol. The molecule has 2 rings (SSSR count). The first kappa shape index (κ1) is 20.7. The Labute approximate surface area is 121 Å². The molecular formula is C12H26Cl2F2N2. The lowest BCUT2D eigenvalue weighted by Crippen LogP contribution is -2.35. The fourth-order valence-electron chi connectivity index (χ4n) is 1.96. The lowest BCUT2D eigenvalue weighted by Gasteiger charge is -2.22. The largest absolute Gasteiger partial charge is 0.316 e. The number of alkyl halides is 2. The molecule has 112 valence electrons. The van der Waals surface area contributed by atoms with E-state index < -0.39 is 12.3 Å². The van der Waals surface area contributed by atoms with Gasteiger partial charge in [0.2, 0.25) is 0 Å². The van der Waals surface area contributed by atoms with E-state index in [9.17, 15) is 8.78 Å². The summed E-state index contributed by atoms with van der Waals surface area (Å²) in [6, 6.07) is 0. The van der Waals surface area contributed by atoms with Gasteiger partial charge in [0.15, 0.2) is 0 Å². The molecule has 2 N–H and O–H groups in total. The molecule has 2 aliphatic heterocycles. The summed E-state index contributed by atoms with van der Waals surface area (Å²) in [5, 5.41) is 6.25. The van der Waals surface area contributed by atoms with E-state index in [1.807, 2.05) is 13.8 Å². The van der Waals surface area contributed by atoms with Gasteiger partial charge in [-0.3, -0.25) is 0 Å². The van der Waals surface area contributed by atoms with Crippen molar-refractivity contribution in [3.05, 3.63) is 0 Å². The maximum atomic E-state index is 12.5. The standard InChI is InChI=1S/2C6H12FN.2ClH/c2*1-5-4-8-3-2-6(5)7;;/h2*5-6,8H,2-4H2,1H3;2*1H/t2*5-,6-;;/m10../s1. The van der Waals surface area contributed by atoms with Crippen LogP contribution in [0.15, 0.2) is 0 Å². The van der Waals surface area contributed by atoms with E-state index in [2.05, 4.69) is 10.6 Å². The molecule has 4 atom stereocenters. The van der Waals surface area contributed by atoms with Gasteiger partial charge in [-0.1, -0.05) is 13.8 Å². The maximum absolute atomic E-state index is 12.5. The van der Waals surface area contributed by atoms with Gasteiger partial charge in [-0.05, 0) is 37.8 Å². The summed E-state index contributed by atoms with van der Waals surface area (Å²) < 4.78 is 25.1. The van der Waals surface area contributed by atoms with E-state index in [0.717, 1.165) is 26.2 Å². The Balaban J connectivity index is 0. The van der Waals surface area contributed by atoms with Crippen molar-refractivity contribution in [3.8, 4) is 0 Å². The van der Waals surface area contributed by atoms with Gasteiger partial charge in [-0.2, -0.15) is 0 Å². The molecule has 2 aliphatic rings. The molecule has 6 heteroatoms. The van der Waals surface area contributed by atoms with Gasteiger partial charge >= 0.3 is 0 Å². The Kier molecular flexibility index (Phi) is 12.9. The molecule has 0 aromatic carbocycles. The third-order valence-electron chi connectivity index (χ3n) is 3.36. The molecule has 0 amide bonds. The van der Waals surface area contributed by atoms with Crippen LogP contribution in [0.4, 0.5) is 8.78 Å². The molecule has 2 nitrogen and oxygen atoms in total. The first-order chi connectivity index (χ1) is 7.61. The molecule has 18 heavy (non-hydrogen) atoms. The first-order valence-corrected chi connectivity index (χ1v) is 6.31. The maximum Gasteiger partial charge on any atom is 0.105 e. The van der Waals surface area contributed by atoms with Gasteiger partial charge in [-0.15, -0.1) is 24.8 Å². The zero-order valence-corrected chi connectivity index (χ0v) is 12.8. The normalized spacial score (nSPS) is 35.3. The fourth-order valence-corrected chi connectivity index (χ4v) is 1.96. The number of hydrogen-bond acceptors (Lipinski definition) is 2. The number of piperidine rings is 2. The van der Waals surface area contributed by atoms with Crippen molar-refractivity contribution in [2.24, 2.45) is 11.8 Å². The van der Waals surface area contributed by atoms with Crippen molar-refractivity contribution in [1.29, 1.82) is 0 Å². The van der Waals surface area contributed by atoms with E-state index in [0.29, 0.717) is 12.8 Å². The predicted octanol–water partition coefficient (Wildman–Crippen LogP) is 2.75. The van der Waals surface area contributed by atoms with Crippen LogP contribution < -0.4 is 10.6 Å². The van der Waals surface area contributed by atoms with Crippen molar-refractivity contribution in [2.75, 3.05) is 26.2 Å². The minimum Gasteiger partial charge on any atom is -0.316 e. The van der Waals surface area contributed by atoms with Crippen LogP contribution in [0, 0.1) is 11.8 Å². The summed E-state index contributed by atoms with van der Waals surface area (Å²) >= 11 is 0. The van der Waals surface area contributed by atoms with Gasteiger partial charge in [0, 0.05) is 13.1 Å². The molecule has 0 aliphatic carbocycles. The summed E-state index contributed by atoms with van der Waals surface area (Å²) in [7, 11) is 0. The summed E-state index contributed by atoms with van der Waals surface area (Å²) in [6.45, 7) is 7.28. The number of rotatable bonds is 0. The van der Waals surface area contributed by atoms with E-state index >= 15 is 0 Å². The Morgan fingerprint density at radius 1 is 0.778 bits per heavy atom. The smallest absolute Gasteiger partial charge is 0.105 e.